The largest absolute Gasteiger partial charge is 0.296 e. The van der Waals surface area contributed by atoms with Gasteiger partial charge in [0.2, 0.25) is 11.8 Å². The molecule has 16 heavy (non-hydrogen) atoms. The van der Waals surface area contributed by atoms with Gasteiger partial charge in [0.1, 0.15) is 0 Å². The van der Waals surface area contributed by atoms with Crippen LogP contribution in [0.1, 0.15) is 30.9 Å². The van der Waals surface area contributed by atoms with E-state index in [0.717, 1.165) is 11.1 Å². The zero-order chi connectivity index (χ0) is 11.8. The fraction of sp³-hybridized carbons (Fsp3) is 0.385. The average Bonchev–Trinajstić information content (AvgIpc) is 2.55. The first-order chi connectivity index (χ1) is 7.58. The fourth-order valence-electron chi connectivity index (χ4n) is 2.24. The van der Waals surface area contributed by atoms with Gasteiger partial charge in [0, 0.05) is 6.42 Å². The third kappa shape index (κ3) is 1.52. The summed E-state index contributed by atoms with van der Waals surface area (Å²) in [5.41, 5.74) is 1.44. The van der Waals surface area contributed by atoms with Gasteiger partial charge in [-0.05, 0) is 18.9 Å². The van der Waals surface area contributed by atoms with E-state index in [1.165, 1.54) is 0 Å². The topological polar surface area (TPSA) is 46.2 Å². The monoisotopic (exact) mass is 217 g/mol. The minimum atomic E-state index is -0.648. The van der Waals surface area contributed by atoms with Gasteiger partial charge in [-0.15, -0.1) is 0 Å². The maximum atomic E-state index is 11.9. The number of hydrogen-bond acceptors (Lipinski definition) is 2. The summed E-state index contributed by atoms with van der Waals surface area (Å²) < 4.78 is 0. The minimum absolute atomic E-state index is 0.163. The molecule has 0 radical (unpaired) electrons. The van der Waals surface area contributed by atoms with Crippen LogP contribution in [0.15, 0.2) is 24.3 Å². The smallest absolute Gasteiger partial charge is 0.237 e. The lowest BCUT2D eigenvalue weighted by Gasteiger charge is -2.24. The Labute approximate surface area is 94.9 Å². The van der Waals surface area contributed by atoms with Crippen LogP contribution in [0, 0.1) is 6.92 Å². The zero-order valence-corrected chi connectivity index (χ0v) is 9.54. The van der Waals surface area contributed by atoms with Gasteiger partial charge in [0.15, 0.2) is 0 Å². The average molecular weight is 217 g/mol. The van der Waals surface area contributed by atoms with Crippen LogP contribution in [-0.4, -0.2) is 11.8 Å². The Bertz CT molecular complexity index is 436. The molecule has 3 heteroatoms. The third-order valence-electron chi connectivity index (χ3n) is 3.36. The number of carbonyl (C=O) groups is 2. The molecule has 84 valence electrons. The summed E-state index contributed by atoms with van der Waals surface area (Å²) in [7, 11) is 0. The highest BCUT2D eigenvalue weighted by Gasteiger charge is 2.46. The molecule has 1 aromatic rings. The molecule has 2 rings (SSSR count). The molecule has 0 spiro atoms. The highest BCUT2D eigenvalue weighted by Crippen LogP contribution is 2.35. The molecule has 1 aliphatic rings. The van der Waals surface area contributed by atoms with Crippen LogP contribution in [0.4, 0.5) is 0 Å². The molecule has 1 saturated heterocycles. The van der Waals surface area contributed by atoms with E-state index in [2.05, 4.69) is 5.32 Å². The zero-order valence-electron chi connectivity index (χ0n) is 9.54. The van der Waals surface area contributed by atoms with Gasteiger partial charge in [-0.3, -0.25) is 14.9 Å². The minimum Gasteiger partial charge on any atom is -0.296 e. The van der Waals surface area contributed by atoms with E-state index in [-0.39, 0.29) is 18.2 Å². The van der Waals surface area contributed by atoms with Gasteiger partial charge >= 0.3 is 0 Å². The third-order valence-corrected chi connectivity index (χ3v) is 3.36. The Morgan fingerprint density at radius 2 is 1.88 bits per heavy atom. The molecule has 2 amide bonds. The molecular formula is C13H15NO2. The molecule has 0 unspecified atom stereocenters. The van der Waals surface area contributed by atoms with Crippen molar-refractivity contribution >= 4 is 11.8 Å². The first kappa shape index (κ1) is 10.9. The lowest BCUT2D eigenvalue weighted by atomic mass is 9.76. The molecule has 1 aliphatic heterocycles. The van der Waals surface area contributed by atoms with E-state index >= 15 is 0 Å². The van der Waals surface area contributed by atoms with Crippen molar-refractivity contribution in [3.05, 3.63) is 35.4 Å². The molecule has 0 saturated carbocycles. The number of benzene rings is 1. The molecule has 0 aromatic heterocycles. The van der Waals surface area contributed by atoms with Crippen LogP contribution >= 0.6 is 0 Å². The van der Waals surface area contributed by atoms with Crippen molar-refractivity contribution in [1.82, 2.24) is 5.32 Å². The van der Waals surface area contributed by atoms with Crippen LogP contribution in [-0.2, 0) is 15.0 Å². The molecule has 0 aliphatic carbocycles. The molecule has 1 heterocycles. The standard InChI is InChI=1S/C13H15NO2/c1-3-13(8-11(15)14-12(13)16)10-6-4-9(2)5-7-10/h4-7H,3,8H2,1-2H3,(H,14,15,16)/t13-/m0/s1. The normalized spacial score (nSPS) is 24.6. The highest BCUT2D eigenvalue weighted by atomic mass is 16.2. The first-order valence-electron chi connectivity index (χ1n) is 5.50. The van der Waals surface area contributed by atoms with Crippen molar-refractivity contribution in [2.75, 3.05) is 0 Å². The van der Waals surface area contributed by atoms with E-state index in [1.807, 2.05) is 38.1 Å². The first-order valence-corrected chi connectivity index (χ1v) is 5.50. The quantitative estimate of drug-likeness (QED) is 0.766. The second kappa shape index (κ2) is 3.74. The van der Waals surface area contributed by atoms with Crippen molar-refractivity contribution in [3.8, 4) is 0 Å². The summed E-state index contributed by atoms with van der Waals surface area (Å²) in [5.74, 6) is -0.337. The SMILES string of the molecule is CC[C@@]1(c2ccc(C)cc2)CC(=O)NC1=O. The van der Waals surface area contributed by atoms with Gasteiger partial charge in [0.25, 0.3) is 0 Å². The Morgan fingerprint density at radius 3 is 2.31 bits per heavy atom. The van der Waals surface area contributed by atoms with Crippen LogP contribution in [0.2, 0.25) is 0 Å². The number of amides is 2. The highest BCUT2D eigenvalue weighted by molar-refractivity contribution is 6.09. The number of hydrogen-bond donors (Lipinski definition) is 1. The van der Waals surface area contributed by atoms with Gasteiger partial charge in [-0.25, -0.2) is 0 Å². The molecule has 1 fully saturated rings. The van der Waals surface area contributed by atoms with E-state index in [4.69, 9.17) is 0 Å². The van der Waals surface area contributed by atoms with Gasteiger partial charge < -0.3 is 0 Å². The molecule has 1 aromatic carbocycles. The van der Waals surface area contributed by atoms with Crippen molar-refractivity contribution in [3.63, 3.8) is 0 Å². The summed E-state index contributed by atoms with van der Waals surface area (Å²) in [6, 6.07) is 7.83. The molecule has 3 nitrogen and oxygen atoms in total. The van der Waals surface area contributed by atoms with Crippen LogP contribution in [0.5, 0.6) is 0 Å². The summed E-state index contributed by atoms with van der Waals surface area (Å²) in [6.45, 7) is 3.94. The Balaban J connectivity index is 2.46. The number of rotatable bonds is 2. The lowest BCUT2D eigenvalue weighted by Crippen LogP contribution is -2.34. The van der Waals surface area contributed by atoms with E-state index < -0.39 is 5.41 Å². The predicted octanol–water partition coefficient (Wildman–Crippen LogP) is 1.69. The Morgan fingerprint density at radius 1 is 1.25 bits per heavy atom. The summed E-state index contributed by atoms with van der Waals surface area (Å²) in [6.07, 6.45) is 0.916. The van der Waals surface area contributed by atoms with E-state index in [0.29, 0.717) is 6.42 Å². The van der Waals surface area contributed by atoms with E-state index in [9.17, 15) is 9.59 Å². The molecule has 0 bridgehead atoms. The Kier molecular flexibility index (Phi) is 2.54. The van der Waals surface area contributed by atoms with Crippen molar-refractivity contribution in [2.24, 2.45) is 0 Å². The van der Waals surface area contributed by atoms with Gasteiger partial charge in [-0.2, -0.15) is 0 Å². The fourth-order valence-corrected chi connectivity index (χ4v) is 2.24. The predicted molar refractivity (Wildman–Crippen MR) is 60.9 cm³/mol. The lowest BCUT2D eigenvalue weighted by molar-refractivity contribution is -0.126. The second-order valence-electron chi connectivity index (χ2n) is 4.36. The van der Waals surface area contributed by atoms with Crippen molar-refractivity contribution < 1.29 is 9.59 Å². The number of nitrogens with one attached hydrogen (secondary N) is 1. The van der Waals surface area contributed by atoms with Crippen LogP contribution < -0.4 is 5.32 Å². The van der Waals surface area contributed by atoms with Crippen molar-refractivity contribution in [2.45, 2.75) is 32.1 Å². The van der Waals surface area contributed by atoms with Crippen molar-refractivity contribution in [1.29, 1.82) is 0 Å². The summed E-state index contributed by atoms with van der Waals surface area (Å²) in [5, 5.41) is 2.39. The van der Waals surface area contributed by atoms with E-state index in [1.54, 1.807) is 0 Å². The number of aryl methyl sites for hydroxylation is 1. The second-order valence-corrected chi connectivity index (χ2v) is 4.36. The van der Waals surface area contributed by atoms with Gasteiger partial charge in [-0.1, -0.05) is 36.8 Å². The summed E-state index contributed by atoms with van der Waals surface area (Å²) in [4.78, 5) is 23.2. The van der Waals surface area contributed by atoms with Crippen LogP contribution in [0.25, 0.3) is 0 Å². The maximum Gasteiger partial charge on any atom is 0.237 e. The number of imide groups is 1. The number of carbonyl (C=O) groups excluding carboxylic acids is 2. The van der Waals surface area contributed by atoms with Crippen LogP contribution in [0.3, 0.4) is 0 Å². The van der Waals surface area contributed by atoms with Gasteiger partial charge in [0.05, 0.1) is 5.41 Å². The molecular weight excluding hydrogens is 202 g/mol. The Hall–Kier alpha value is -1.64. The maximum absolute atomic E-state index is 11.9. The summed E-state index contributed by atoms with van der Waals surface area (Å²) >= 11 is 0. The molecule has 1 N–H and O–H groups in total. The molecule has 1 atom stereocenters.